The quantitative estimate of drug-likeness (QED) is 0.0116. The number of H-pyrrole nitrogens is 1. The fourth-order valence-corrected chi connectivity index (χ4v) is 17.6. The number of rotatable bonds is 31. The van der Waals surface area contributed by atoms with Crippen LogP contribution in [0.5, 0.6) is 5.75 Å². The maximum absolute atomic E-state index is 15.6. The summed E-state index contributed by atoms with van der Waals surface area (Å²) in [5.74, 6) is -14.9. The lowest BCUT2D eigenvalue weighted by Gasteiger charge is -2.63. The third-order valence-electron chi connectivity index (χ3n) is 20.2. The van der Waals surface area contributed by atoms with E-state index in [1.54, 1.807) is 24.9 Å². The van der Waals surface area contributed by atoms with E-state index in [1.807, 2.05) is 72.3 Å². The molecule has 1 spiro atoms. The number of carboxylic acid groups (broad SMARTS) is 4. The highest BCUT2D eigenvalue weighted by Crippen LogP contribution is 2.67. The molecule has 558 valence electrons. The van der Waals surface area contributed by atoms with Crippen LogP contribution >= 0.6 is 21.6 Å². The summed E-state index contributed by atoms with van der Waals surface area (Å²) in [6.07, 6.45) is -0.557. The number of aliphatic hydroxyl groups excluding tert-OH is 1. The minimum absolute atomic E-state index is 0.0132. The van der Waals surface area contributed by atoms with Crippen LogP contribution in [0.15, 0.2) is 48.6 Å². The van der Waals surface area contributed by atoms with Crippen LogP contribution in [0.1, 0.15) is 101 Å². The van der Waals surface area contributed by atoms with Crippen LogP contribution in [0.2, 0.25) is 0 Å². The minimum Gasteiger partial charge on any atom is -0.496 e. The van der Waals surface area contributed by atoms with E-state index in [2.05, 4.69) is 36.7 Å². The van der Waals surface area contributed by atoms with E-state index >= 15 is 9.59 Å². The molecule has 4 aliphatic heterocycles. The van der Waals surface area contributed by atoms with Gasteiger partial charge in [-0.05, 0) is 94.3 Å². The zero-order chi connectivity index (χ0) is 75.0. The number of aliphatic carboxylic acids is 4. The molecule has 2 fully saturated rings. The first-order valence-electron chi connectivity index (χ1n) is 33.2. The van der Waals surface area contributed by atoms with Crippen molar-refractivity contribution >= 4 is 110 Å². The van der Waals surface area contributed by atoms with Gasteiger partial charge >= 0.3 is 35.9 Å². The van der Waals surface area contributed by atoms with Crippen molar-refractivity contribution in [3.05, 3.63) is 70.9 Å². The lowest BCUT2D eigenvalue weighted by Crippen LogP contribution is -2.82. The Hall–Kier alpha value is -8.78. The van der Waals surface area contributed by atoms with E-state index < -0.39 is 173 Å². The molecule has 8 rings (SSSR count). The second-order valence-electron chi connectivity index (χ2n) is 26.6. The summed E-state index contributed by atoms with van der Waals surface area (Å²) >= 11 is 0. The van der Waals surface area contributed by atoms with Gasteiger partial charge in [-0.3, -0.25) is 58.3 Å². The molecule has 0 bridgehead atoms. The maximum atomic E-state index is 15.6. The number of aromatic amines is 1. The summed E-state index contributed by atoms with van der Waals surface area (Å²) in [6.45, 7) is 7.40. The molecule has 5 heterocycles. The van der Waals surface area contributed by atoms with Gasteiger partial charge in [0.05, 0.1) is 45.1 Å². The van der Waals surface area contributed by atoms with Crippen molar-refractivity contribution in [2.45, 2.75) is 156 Å². The Bertz CT molecular complexity index is 3750. The number of nitrogens with zero attached hydrogens (tertiary/aromatic N) is 2. The topological polar surface area (TPSA) is 519 Å². The normalized spacial score (nSPS) is 25.3. The second-order valence-corrected chi connectivity index (χ2v) is 29.2. The number of benzene rings is 2. The number of carbonyl (C=O) groups is 12. The number of fused-ring (bicyclic) bond motifs is 4. The standard InChI is InChI=1S/C66H90N12O22S2/c1-8-62(4,96)28-34-29-65(60(94)99-7,50-36(15-18-68-31-34)35-13-10-11-14-39(35)70-50)38-23-37-45(27-46(38)98-6)77(5)57-64(37)17-20-78-19-12-16-63(9-2,56(64)78)58(92)66(57,97)59(93)75-76-61(95)100-21-22-101-102-32-44(55(90)91)74-54(89)43(30-67)73-53(88)42(26-49(84)85)72-52(87)41(25-48(82)83)71-51(86)40(24-47(80)81)69-33(3)79/h10-14,16,23,27,34,40-44,56-58,68,70,92,96-97H,8-9,15,17-22,24-26,28-32,67H2,1-7H3,(H,69,79)(H,71,86)(H,72,87)(H,73,88)(H,74,89)(H,75,93)(H,76,95)(H,80,81)(H,82,83)(H,84,85)(H,90,91)/t34-,40+,41+,42+,43+,44+,56+,57-,58-,62+,63-,64-,65+,66+/m1/s1. The zero-order valence-corrected chi connectivity index (χ0v) is 59.0. The predicted octanol–water partition coefficient (Wildman–Crippen LogP) is -1.41. The third kappa shape index (κ3) is 15.9. The van der Waals surface area contributed by atoms with Gasteiger partial charge in [-0.1, -0.05) is 65.8 Å². The number of nitrogens with one attached hydrogen (secondary N) is 9. The molecule has 1 saturated heterocycles. The second kappa shape index (κ2) is 32.7. The number of aliphatic hydroxyl groups is 3. The fourth-order valence-electron chi connectivity index (χ4n) is 15.7. The smallest absolute Gasteiger partial charge is 0.426 e. The Morgan fingerprint density at radius 2 is 1.41 bits per heavy atom. The van der Waals surface area contributed by atoms with Crippen molar-refractivity contribution in [3.8, 4) is 5.75 Å². The van der Waals surface area contributed by atoms with Gasteiger partial charge in [-0.2, -0.15) is 0 Å². The van der Waals surface area contributed by atoms with E-state index in [0.29, 0.717) is 80.1 Å². The first-order chi connectivity index (χ1) is 48.2. The molecule has 2 aromatic carbocycles. The van der Waals surface area contributed by atoms with Crippen LogP contribution in [-0.4, -0.2) is 249 Å². The van der Waals surface area contributed by atoms with Gasteiger partial charge in [0.1, 0.15) is 54.1 Å². The molecular weight excluding hydrogens is 1380 g/mol. The Morgan fingerprint density at radius 3 is 1.99 bits per heavy atom. The van der Waals surface area contributed by atoms with Crippen LogP contribution in [0.3, 0.4) is 0 Å². The maximum Gasteiger partial charge on any atom is 0.426 e. The van der Waals surface area contributed by atoms with Gasteiger partial charge in [-0.15, -0.1) is 0 Å². The van der Waals surface area contributed by atoms with Gasteiger partial charge in [0, 0.05) is 89.4 Å². The summed E-state index contributed by atoms with van der Waals surface area (Å²) in [7, 11) is 6.42. The summed E-state index contributed by atoms with van der Waals surface area (Å²) in [6, 6.07) is 0.372. The number of amides is 7. The molecule has 3 aromatic rings. The van der Waals surface area contributed by atoms with Crippen LogP contribution in [0, 0.1) is 11.3 Å². The molecule has 1 aromatic heterocycles. The zero-order valence-electron chi connectivity index (χ0n) is 57.4. The minimum atomic E-state index is -2.71. The Labute approximate surface area is 593 Å². The van der Waals surface area contributed by atoms with Gasteiger partial charge in [0.15, 0.2) is 5.60 Å². The Morgan fingerprint density at radius 1 is 0.804 bits per heavy atom. The van der Waals surface area contributed by atoms with Crippen molar-refractivity contribution in [3.63, 3.8) is 0 Å². The molecule has 1 aliphatic carbocycles. The largest absolute Gasteiger partial charge is 0.496 e. The first-order valence-corrected chi connectivity index (χ1v) is 35.7. The number of carbonyl (C=O) groups excluding carboxylic acids is 8. The first kappa shape index (κ1) is 78.9. The average molecular weight is 1470 g/mol. The number of carboxylic acids is 4. The molecule has 0 radical (unpaired) electrons. The monoisotopic (exact) mass is 1470 g/mol. The molecule has 0 unspecified atom stereocenters. The van der Waals surface area contributed by atoms with Crippen molar-refractivity contribution in [1.82, 2.24) is 52.6 Å². The number of hydrogen-bond donors (Lipinski definition) is 17. The number of hydrazine groups is 1. The van der Waals surface area contributed by atoms with E-state index in [0.717, 1.165) is 45.0 Å². The molecule has 1 saturated carbocycles. The SMILES string of the molecule is CC[C@](C)(O)C[C@H]1CNCCc2c([nH]c3ccccc23)[C@@](C(=O)OC)(c2cc3c(cc2OC)N(C)[C@H]2[C@@](O)(C(=O)NNC(=O)OCCSSC[C@H](NC(=O)[C@H](CN)NC(=O)[C@H](CC(=O)O)NC(=O)[C@H](CC(=O)O)NC(=O)[C@H](CC(=O)O)NC(C)=O)C(=O)O)[C@H](O)[C@]4(CC)C=CCN5CC[C@]32[C@@H]54)C1. The summed E-state index contributed by atoms with van der Waals surface area (Å²) in [4.78, 5) is 164. The predicted molar refractivity (Wildman–Crippen MR) is 367 cm³/mol. The average Bonchev–Trinajstić information content (AvgIpc) is 1.46. The summed E-state index contributed by atoms with van der Waals surface area (Å²) in [5, 5.41) is 91.3. The van der Waals surface area contributed by atoms with Crippen LogP contribution < -0.4 is 58.1 Å². The number of likely N-dealkylation sites (N-methyl/N-ethyl adjacent to an activating group) is 1. The number of aromatic nitrogens is 1. The van der Waals surface area contributed by atoms with Crippen LogP contribution in [0.25, 0.3) is 10.9 Å². The van der Waals surface area contributed by atoms with Gasteiger partial charge in [0.2, 0.25) is 29.5 Å². The number of nitrogens with two attached hydrogens (primary N) is 1. The summed E-state index contributed by atoms with van der Waals surface area (Å²) in [5.41, 5.74) is 6.30. The number of anilines is 1. The number of para-hydroxylation sites is 1. The van der Waals surface area contributed by atoms with Crippen molar-refractivity contribution < 1.29 is 107 Å². The number of ether oxygens (including phenoxy) is 3. The molecule has 34 nitrogen and oxygen atoms in total. The molecule has 102 heavy (non-hydrogen) atoms. The van der Waals surface area contributed by atoms with Gasteiger partial charge in [0.25, 0.3) is 5.91 Å². The molecule has 7 amide bonds. The molecule has 5 aliphatic rings. The molecule has 14 atom stereocenters. The van der Waals surface area contributed by atoms with Crippen molar-refractivity contribution in [2.24, 2.45) is 17.1 Å². The van der Waals surface area contributed by atoms with Crippen molar-refractivity contribution in [1.29, 1.82) is 0 Å². The van der Waals surface area contributed by atoms with E-state index in [1.165, 1.54) is 14.2 Å². The van der Waals surface area contributed by atoms with Gasteiger partial charge < -0.3 is 97.5 Å². The highest BCUT2D eigenvalue weighted by molar-refractivity contribution is 8.76. The van der Waals surface area contributed by atoms with E-state index in [-0.39, 0.29) is 36.9 Å². The Kier molecular flexibility index (Phi) is 25.3. The van der Waals surface area contributed by atoms with Gasteiger partial charge in [-0.25, -0.2) is 15.0 Å². The lowest BCUT2D eigenvalue weighted by atomic mass is 9.47. The van der Waals surface area contributed by atoms with Crippen molar-refractivity contribution in [2.75, 3.05) is 77.0 Å². The van der Waals surface area contributed by atoms with E-state index in [9.17, 15) is 83.7 Å². The third-order valence-corrected chi connectivity index (χ3v) is 22.6. The molecule has 36 heteroatoms. The summed E-state index contributed by atoms with van der Waals surface area (Å²) < 4.78 is 17.7. The Balaban J connectivity index is 0.955. The highest BCUT2D eigenvalue weighted by Gasteiger charge is 2.79. The number of esters is 1. The van der Waals surface area contributed by atoms with Crippen LogP contribution in [0.4, 0.5) is 10.5 Å². The van der Waals surface area contributed by atoms with Crippen LogP contribution in [-0.2, 0) is 79.5 Å². The molecule has 18 N–H and O–H groups in total. The molecular formula is C66H90N12O22S2. The van der Waals surface area contributed by atoms with E-state index in [4.69, 9.17) is 19.9 Å². The number of hydrogen-bond acceptors (Lipinski definition) is 24. The fraction of sp³-hybridized carbons (Fsp3) is 0.576. The number of methoxy groups -OCH3 is 2. The highest BCUT2D eigenvalue weighted by atomic mass is 33.1. The lowest BCUT2D eigenvalue weighted by molar-refractivity contribution is -0.204.